The SMILES string of the molecule is COC(=O)c1ccc(C#CCNC(=O)OC(C)(C)C)nc1. The van der Waals surface area contributed by atoms with Crippen LogP contribution in [0.1, 0.15) is 36.8 Å². The summed E-state index contributed by atoms with van der Waals surface area (Å²) in [6, 6.07) is 3.18. The van der Waals surface area contributed by atoms with Crippen molar-refractivity contribution < 1.29 is 19.1 Å². The molecule has 0 radical (unpaired) electrons. The van der Waals surface area contributed by atoms with Gasteiger partial charge in [-0.2, -0.15) is 0 Å². The molecule has 1 aromatic rings. The highest BCUT2D eigenvalue weighted by molar-refractivity contribution is 5.88. The molecule has 1 rings (SSSR count). The minimum absolute atomic E-state index is 0.148. The molecule has 0 bridgehead atoms. The molecular weight excluding hydrogens is 272 g/mol. The minimum Gasteiger partial charge on any atom is -0.465 e. The smallest absolute Gasteiger partial charge is 0.408 e. The van der Waals surface area contributed by atoms with Crippen LogP contribution < -0.4 is 5.32 Å². The Kier molecular flexibility index (Phi) is 5.73. The van der Waals surface area contributed by atoms with Crippen molar-refractivity contribution in [2.45, 2.75) is 26.4 Å². The van der Waals surface area contributed by atoms with Gasteiger partial charge in [0.1, 0.15) is 11.3 Å². The lowest BCUT2D eigenvalue weighted by Crippen LogP contribution is -2.32. The number of carbonyl (C=O) groups is 2. The van der Waals surface area contributed by atoms with E-state index in [0.717, 1.165) is 0 Å². The van der Waals surface area contributed by atoms with Gasteiger partial charge in [-0.25, -0.2) is 14.6 Å². The number of esters is 1. The van der Waals surface area contributed by atoms with E-state index in [9.17, 15) is 9.59 Å². The molecule has 0 saturated heterocycles. The van der Waals surface area contributed by atoms with Gasteiger partial charge in [0.2, 0.25) is 0 Å². The monoisotopic (exact) mass is 290 g/mol. The number of hydrogen-bond acceptors (Lipinski definition) is 5. The summed E-state index contributed by atoms with van der Waals surface area (Å²) in [4.78, 5) is 26.6. The Bertz CT molecular complexity index is 562. The third-order valence-electron chi connectivity index (χ3n) is 2.12. The van der Waals surface area contributed by atoms with Crippen LogP contribution >= 0.6 is 0 Å². The fourth-order valence-corrected chi connectivity index (χ4v) is 1.27. The first-order chi connectivity index (χ1) is 9.81. The van der Waals surface area contributed by atoms with Crippen molar-refractivity contribution in [1.82, 2.24) is 10.3 Å². The van der Waals surface area contributed by atoms with Crippen LogP contribution in [0.25, 0.3) is 0 Å². The fourth-order valence-electron chi connectivity index (χ4n) is 1.27. The molecule has 0 aliphatic rings. The summed E-state index contributed by atoms with van der Waals surface area (Å²) in [6.07, 6.45) is 0.864. The summed E-state index contributed by atoms with van der Waals surface area (Å²) in [7, 11) is 1.30. The van der Waals surface area contributed by atoms with Crippen LogP contribution in [-0.2, 0) is 9.47 Å². The number of pyridine rings is 1. The molecule has 0 spiro atoms. The van der Waals surface area contributed by atoms with E-state index in [2.05, 4.69) is 26.9 Å². The number of ether oxygens (including phenoxy) is 2. The summed E-state index contributed by atoms with van der Waals surface area (Å²) < 4.78 is 9.62. The van der Waals surface area contributed by atoms with Gasteiger partial charge in [0, 0.05) is 6.20 Å². The molecule has 21 heavy (non-hydrogen) atoms. The summed E-state index contributed by atoms with van der Waals surface area (Å²) in [5.74, 6) is 5.05. The van der Waals surface area contributed by atoms with Gasteiger partial charge in [0.15, 0.2) is 0 Å². The summed E-state index contributed by atoms with van der Waals surface area (Å²) in [6.45, 7) is 5.50. The number of carbonyl (C=O) groups excluding carboxylic acids is 2. The van der Waals surface area contributed by atoms with Crippen molar-refractivity contribution in [3.05, 3.63) is 29.6 Å². The molecule has 0 saturated carbocycles. The van der Waals surface area contributed by atoms with Crippen molar-refractivity contribution in [2.75, 3.05) is 13.7 Å². The van der Waals surface area contributed by atoms with Crippen molar-refractivity contribution in [2.24, 2.45) is 0 Å². The number of nitrogens with zero attached hydrogens (tertiary/aromatic N) is 1. The normalized spacial score (nSPS) is 10.1. The molecule has 1 amide bonds. The van der Waals surface area contributed by atoms with E-state index in [0.29, 0.717) is 11.3 Å². The Morgan fingerprint density at radius 1 is 1.33 bits per heavy atom. The molecule has 1 aromatic heterocycles. The second-order valence-electron chi connectivity index (χ2n) is 5.08. The first-order valence-corrected chi connectivity index (χ1v) is 6.32. The van der Waals surface area contributed by atoms with Gasteiger partial charge in [-0.1, -0.05) is 5.92 Å². The molecule has 0 atom stereocenters. The average Bonchev–Trinajstić information content (AvgIpc) is 2.41. The van der Waals surface area contributed by atoms with Gasteiger partial charge in [0.05, 0.1) is 19.2 Å². The molecule has 1 heterocycles. The molecule has 0 fully saturated rings. The quantitative estimate of drug-likeness (QED) is 0.663. The summed E-state index contributed by atoms with van der Waals surface area (Å²) in [5, 5.41) is 2.51. The number of rotatable bonds is 2. The van der Waals surface area contributed by atoms with Gasteiger partial charge < -0.3 is 14.8 Å². The Morgan fingerprint density at radius 3 is 2.57 bits per heavy atom. The van der Waals surface area contributed by atoms with Crippen LogP contribution in [0.15, 0.2) is 18.3 Å². The van der Waals surface area contributed by atoms with Crippen molar-refractivity contribution in [3.8, 4) is 11.8 Å². The zero-order valence-electron chi connectivity index (χ0n) is 12.5. The van der Waals surface area contributed by atoms with Gasteiger partial charge >= 0.3 is 12.1 Å². The predicted molar refractivity (Wildman–Crippen MR) is 76.7 cm³/mol. The van der Waals surface area contributed by atoms with E-state index in [1.807, 2.05) is 0 Å². The van der Waals surface area contributed by atoms with E-state index in [1.54, 1.807) is 32.9 Å². The molecule has 6 nitrogen and oxygen atoms in total. The van der Waals surface area contributed by atoms with Crippen molar-refractivity contribution in [3.63, 3.8) is 0 Å². The maximum Gasteiger partial charge on any atom is 0.408 e. The van der Waals surface area contributed by atoms with Crippen LogP contribution in [0.3, 0.4) is 0 Å². The lowest BCUT2D eigenvalue weighted by atomic mass is 10.2. The van der Waals surface area contributed by atoms with Crippen molar-refractivity contribution in [1.29, 1.82) is 0 Å². The number of aromatic nitrogens is 1. The topological polar surface area (TPSA) is 77.5 Å². The van der Waals surface area contributed by atoms with Gasteiger partial charge in [-0.3, -0.25) is 0 Å². The maximum absolute atomic E-state index is 11.4. The standard InChI is InChI=1S/C15H18N2O4/c1-15(2,3)21-14(19)16-9-5-6-12-8-7-11(10-17-12)13(18)20-4/h7-8,10H,9H2,1-4H3,(H,16,19). The highest BCUT2D eigenvalue weighted by Crippen LogP contribution is 2.06. The zero-order valence-corrected chi connectivity index (χ0v) is 12.5. The molecule has 112 valence electrons. The third kappa shape index (κ3) is 6.43. The Balaban J connectivity index is 2.48. The maximum atomic E-state index is 11.4. The summed E-state index contributed by atoms with van der Waals surface area (Å²) >= 11 is 0. The zero-order chi connectivity index (χ0) is 15.9. The number of methoxy groups -OCH3 is 1. The van der Waals surface area contributed by atoms with Crippen LogP contribution in [-0.4, -0.2) is 36.3 Å². The van der Waals surface area contributed by atoms with E-state index < -0.39 is 17.7 Å². The minimum atomic E-state index is -0.539. The Labute approximate surface area is 123 Å². The van der Waals surface area contributed by atoms with E-state index in [-0.39, 0.29) is 6.54 Å². The van der Waals surface area contributed by atoms with Gasteiger partial charge in [-0.05, 0) is 38.8 Å². The van der Waals surface area contributed by atoms with Gasteiger partial charge in [0.25, 0.3) is 0 Å². The molecule has 0 aromatic carbocycles. The largest absolute Gasteiger partial charge is 0.465 e. The predicted octanol–water partition coefficient (Wildman–Crippen LogP) is 1.74. The first kappa shape index (κ1) is 16.5. The lowest BCUT2D eigenvalue weighted by Gasteiger charge is -2.18. The van der Waals surface area contributed by atoms with Crippen molar-refractivity contribution >= 4 is 12.1 Å². The number of amides is 1. The van der Waals surface area contributed by atoms with Crippen LogP contribution in [0.4, 0.5) is 4.79 Å². The second-order valence-corrected chi connectivity index (χ2v) is 5.08. The second kappa shape index (κ2) is 7.29. The van der Waals surface area contributed by atoms with E-state index >= 15 is 0 Å². The van der Waals surface area contributed by atoms with E-state index in [1.165, 1.54) is 13.3 Å². The first-order valence-electron chi connectivity index (χ1n) is 6.32. The highest BCUT2D eigenvalue weighted by Gasteiger charge is 2.14. The molecule has 0 unspecified atom stereocenters. The molecule has 6 heteroatoms. The number of alkyl carbamates (subject to hydrolysis) is 1. The number of hydrogen-bond donors (Lipinski definition) is 1. The average molecular weight is 290 g/mol. The lowest BCUT2D eigenvalue weighted by molar-refractivity contribution is 0.0533. The van der Waals surface area contributed by atoms with Crippen LogP contribution in [0.2, 0.25) is 0 Å². The Morgan fingerprint density at radius 2 is 2.05 bits per heavy atom. The van der Waals surface area contributed by atoms with Gasteiger partial charge in [-0.15, -0.1) is 0 Å². The fraction of sp³-hybridized carbons (Fsp3) is 0.400. The van der Waals surface area contributed by atoms with Crippen LogP contribution in [0.5, 0.6) is 0 Å². The molecule has 0 aliphatic heterocycles. The third-order valence-corrected chi connectivity index (χ3v) is 2.12. The van der Waals surface area contributed by atoms with Crippen LogP contribution in [0, 0.1) is 11.8 Å². The highest BCUT2D eigenvalue weighted by atomic mass is 16.6. The molecule has 0 aliphatic carbocycles. The molecular formula is C15H18N2O4. The van der Waals surface area contributed by atoms with E-state index in [4.69, 9.17) is 4.74 Å². The summed E-state index contributed by atoms with van der Waals surface area (Å²) in [5.41, 5.74) is 0.312. The molecule has 1 N–H and O–H groups in total. The Hall–Kier alpha value is -2.55. The number of nitrogens with one attached hydrogen (secondary N) is 1.